The minimum absolute atomic E-state index is 0.135. The number of carbonyl (C=O) groups is 3. The molecule has 1 rings (SSSR count). The SMILES string of the molecule is CC(=O)C(C(C)=O)C1SC(C)=C(C)N1C(C)=O. The van der Waals surface area contributed by atoms with Crippen LogP contribution in [0.1, 0.15) is 34.6 Å². The Morgan fingerprint density at radius 1 is 1.12 bits per heavy atom. The van der Waals surface area contributed by atoms with Gasteiger partial charge in [-0.2, -0.15) is 0 Å². The quantitative estimate of drug-likeness (QED) is 0.723. The molecule has 0 saturated heterocycles. The lowest BCUT2D eigenvalue weighted by molar-refractivity contribution is -0.134. The predicted molar refractivity (Wildman–Crippen MR) is 67.1 cm³/mol. The highest BCUT2D eigenvalue weighted by atomic mass is 32.2. The average Bonchev–Trinajstić information content (AvgIpc) is 2.41. The van der Waals surface area contributed by atoms with Crippen molar-refractivity contribution in [2.75, 3.05) is 0 Å². The van der Waals surface area contributed by atoms with Crippen molar-refractivity contribution in [3.05, 3.63) is 10.6 Å². The molecule has 0 aromatic rings. The number of Topliss-reactive ketones (excluding diaryl/α,β-unsaturated/α-hetero) is 2. The first-order valence-electron chi connectivity index (χ1n) is 5.42. The van der Waals surface area contributed by atoms with Crippen LogP contribution in [0, 0.1) is 5.92 Å². The highest BCUT2D eigenvalue weighted by Gasteiger charge is 2.41. The lowest BCUT2D eigenvalue weighted by Crippen LogP contribution is -2.42. The first-order chi connectivity index (χ1) is 7.77. The van der Waals surface area contributed by atoms with Gasteiger partial charge in [0.25, 0.3) is 0 Å². The summed E-state index contributed by atoms with van der Waals surface area (Å²) in [6.07, 6.45) is 0. The number of allylic oxidation sites excluding steroid dienone is 2. The maximum absolute atomic E-state index is 11.6. The number of carbonyl (C=O) groups excluding carboxylic acids is 3. The Morgan fingerprint density at radius 2 is 1.59 bits per heavy atom. The van der Waals surface area contributed by atoms with Gasteiger partial charge in [0, 0.05) is 17.5 Å². The Morgan fingerprint density at radius 3 is 1.94 bits per heavy atom. The highest BCUT2D eigenvalue weighted by Crippen LogP contribution is 2.41. The van der Waals surface area contributed by atoms with E-state index >= 15 is 0 Å². The Balaban J connectivity index is 3.11. The van der Waals surface area contributed by atoms with E-state index in [1.54, 1.807) is 4.90 Å². The molecule has 17 heavy (non-hydrogen) atoms. The molecule has 0 saturated carbocycles. The number of hydrogen-bond donors (Lipinski definition) is 0. The van der Waals surface area contributed by atoms with Gasteiger partial charge >= 0.3 is 0 Å². The molecule has 94 valence electrons. The summed E-state index contributed by atoms with van der Waals surface area (Å²) >= 11 is 1.42. The summed E-state index contributed by atoms with van der Waals surface area (Å²) in [6, 6.07) is 0. The van der Waals surface area contributed by atoms with Gasteiger partial charge in [-0.15, -0.1) is 11.8 Å². The molecule has 1 aliphatic heterocycles. The van der Waals surface area contributed by atoms with Crippen molar-refractivity contribution in [2.45, 2.75) is 40.0 Å². The van der Waals surface area contributed by atoms with E-state index < -0.39 is 11.3 Å². The highest BCUT2D eigenvalue weighted by molar-refractivity contribution is 8.03. The smallest absolute Gasteiger partial charge is 0.224 e. The van der Waals surface area contributed by atoms with Crippen LogP contribution in [0.4, 0.5) is 0 Å². The lowest BCUT2D eigenvalue weighted by Gasteiger charge is -2.28. The van der Waals surface area contributed by atoms with Crippen LogP contribution in [0.2, 0.25) is 0 Å². The fraction of sp³-hybridized carbons (Fsp3) is 0.583. The number of ketones is 2. The Labute approximate surface area is 105 Å². The van der Waals surface area contributed by atoms with Crippen LogP contribution in [0.25, 0.3) is 0 Å². The van der Waals surface area contributed by atoms with Crippen LogP contribution in [0.15, 0.2) is 10.6 Å². The molecule has 0 bridgehead atoms. The largest absolute Gasteiger partial charge is 0.302 e. The molecular formula is C12H17NO3S. The van der Waals surface area contributed by atoms with Gasteiger partial charge in [0.05, 0.1) is 0 Å². The number of amides is 1. The second-order valence-corrected chi connectivity index (χ2v) is 5.57. The monoisotopic (exact) mass is 255 g/mol. The molecule has 0 fully saturated rings. The van der Waals surface area contributed by atoms with E-state index in [0.717, 1.165) is 10.6 Å². The minimum atomic E-state index is -0.740. The summed E-state index contributed by atoms with van der Waals surface area (Å²) in [5.41, 5.74) is 0.833. The van der Waals surface area contributed by atoms with Gasteiger partial charge in [0.1, 0.15) is 22.9 Å². The van der Waals surface area contributed by atoms with Crippen LogP contribution >= 0.6 is 11.8 Å². The fourth-order valence-electron chi connectivity index (χ4n) is 2.00. The number of rotatable bonds is 3. The molecular weight excluding hydrogens is 238 g/mol. The molecule has 0 radical (unpaired) electrons. The molecule has 0 spiro atoms. The van der Waals surface area contributed by atoms with E-state index in [1.807, 2.05) is 13.8 Å². The third-order valence-corrected chi connectivity index (χ3v) is 4.30. The molecule has 1 amide bonds. The molecule has 0 aliphatic carbocycles. The van der Waals surface area contributed by atoms with Gasteiger partial charge in [-0.05, 0) is 27.7 Å². The summed E-state index contributed by atoms with van der Waals surface area (Å²) < 4.78 is 0. The summed E-state index contributed by atoms with van der Waals surface area (Å²) in [6.45, 7) is 7.98. The van der Waals surface area contributed by atoms with E-state index in [0.29, 0.717) is 0 Å². The molecule has 1 heterocycles. The maximum Gasteiger partial charge on any atom is 0.224 e. The third-order valence-electron chi connectivity index (χ3n) is 2.92. The van der Waals surface area contributed by atoms with E-state index in [2.05, 4.69) is 0 Å². The second-order valence-electron chi connectivity index (χ2n) is 4.24. The van der Waals surface area contributed by atoms with Gasteiger partial charge < -0.3 is 4.90 Å². The normalized spacial score (nSPS) is 20.1. The zero-order valence-electron chi connectivity index (χ0n) is 10.7. The van der Waals surface area contributed by atoms with Gasteiger partial charge in [-0.25, -0.2) is 0 Å². The molecule has 1 atom stereocenters. The zero-order valence-corrected chi connectivity index (χ0v) is 11.6. The molecule has 0 aromatic heterocycles. The summed E-state index contributed by atoms with van der Waals surface area (Å²) in [5.74, 6) is -1.26. The van der Waals surface area contributed by atoms with E-state index in [4.69, 9.17) is 0 Å². The summed E-state index contributed by atoms with van der Waals surface area (Å²) in [4.78, 5) is 37.3. The average molecular weight is 255 g/mol. The first-order valence-corrected chi connectivity index (χ1v) is 6.30. The van der Waals surface area contributed by atoms with Crippen LogP contribution < -0.4 is 0 Å². The predicted octanol–water partition coefficient (Wildman–Crippen LogP) is 1.95. The van der Waals surface area contributed by atoms with Crippen LogP contribution in [0.3, 0.4) is 0 Å². The van der Waals surface area contributed by atoms with Gasteiger partial charge in [-0.1, -0.05) is 0 Å². The van der Waals surface area contributed by atoms with Crippen molar-refractivity contribution in [2.24, 2.45) is 5.92 Å². The number of nitrogens with zero attached hydrogens (tertiary/aromatic N) is 1. The van der Waals surface area contributed by atoms with Crippen LogP contribution in [-0.4, -0.2) is 27.7 Å². The first kappa shape index (κ1) is 14.0. The summed E-state index contributed by atoms with van der Waals surface area (Å²) in [5, 5.41) is -0.414. The third kappa shape index (κ3) is 2.60. The van der Waals surface area contributed by atoms with Gasteiger partial charge in [0.15, 0.2) is 0 Å². The van der Waals surface area contributed by atoms with E-state index in [9.17, 15) is 14.4 Å². The second kappa shape index (κ2) is 5.04. The standard InChI is InChI=1S/C12H17NO3S/c1-6-9(4)17-12(13(6)10(5)16)11(7(2)14)8(3)15/h11-12H,1-5H3. The maximum atomic E-state index is 11.6. The Hall–Kier alpha value is -1.10. The van der Waals surface area contributed by atoms with Crippen molar-refractivity contribution in [3.63, 3.8) is 0 Å². The molecule has 4 nitrogen and oxygen atoms in total. The van der Waals surface area contributed by atoms with Crippen molar-refractivity contribution >= 4 is 29.2 Å². The van der Waals surface area contributed by atoms with Crippen molar-refractivity contribution < 1.29 is 14.4 Å². The zero-order chi connectivity index (χ0) is 13.3. The molecule has 5 heteroatoms. The Bertz CT molecular complexity index is 400. The number of thioether (sulfide) groups is 1. The number of hydrogen-bond acceptors (Lipinski definition) is 4. The van der Waals surface area contributed by atoms with Crippen LogP contribution in [0.5, 0.6) is 0 Å². The minimum Gasteiger partial charge on any atom is -0.302 e. The molecule has 1 unspecified atom stereocenters. The van der Waals surface area contributed by atoms with Crippen LogP contribution in [-0.2, 0) is 14.4 Å². The molecule has 0 N–H and O–H groups in total. The lowest BCUT2D eigenvalue weighted by atomic mass is 9.99. The van der Waals surface area contributed by atoms with Gasteiger partial charge in [-0.3, -0.25) is 14.4 Å². The van der Waals surface area contributed by atoms with Crippen molar-refractivity contribution in [1.29, 1.82) is 0 Å². The van der Waals surface area contributed by atoms with Crippen molar-refractivity contribution in [3.8, 4) is 0 Å². The van der Waals surface area contributed by atoms with Gasteiger partial charge in [0.2, 0.25) is 5.91 Å². The molecule has 1 aliphatic rings. The summed E-state index contributed by atoms with van der Waals surface area (Å²) in [7, 11) is 0. The van der Waals surface area contributed by atoms with Crippen molar-refractivity contribution in [1.82, 2.24) is 4.90 Å². The van der Waals surface area contributed by atoms with E-state index in [-0.39, 0.29) is 17.5 Å². The van der Waals surface area contributed by atoms with E-state index in [1.165, 1.54) is 32.5 Å². The Kier molecular flexibility index (Phi) is 4.14. The molecule has 0 aromatic carbocycles. The fourth-order valence-corrected chi connectivity index (χ4v) is 3.56. The topological polar surface area (TPSA) is 54.5 Å².